The van der Waals surface area contributed by atoms with Gasteiger partial charge in [-0.25, -0.2) is 5.01 Å². The Bertz CT molecular complexity index is 275. The molecule has 1 fully saturated rings. The first-order chi connectivity index (χ1) is 8.08. The van der Waals surface area contributed by atoms with Crippen LogP contribution in [0.2, 0.25) is 0 Å². The molecule has 1 N–H and O–H groups in total. The standard InChI is InChI=1S/C12H23N3O2/c1-4-6-14(7-5-2)9-12(17)15-10(3)8-11(16)13-15/h10H,4-9H2,1-3H3,(H,13,16)/t10-/m0/s1. The van der Waals surface area contributed by atoms with E-state index in [0.717, 1.165) is 25.9 Å². The predicted octanol–water partition coefficient (Wildman–Crippen LogP) is 0.760. The van der Waals surface area contributed by atoms with Gasteiger partial charge in [-0.2, -0.15) is 0 Å². The lowest BCUT2D eigenvalue weighted by Crippen LogP contribution is -2.47. The smallest absolute Gasteiger partial charge is 0.255 e. The van der Waals surface area contributed by atoms with Gasteiger partial charge in [-0.1, -0.05) is 13.8 Å². The van der Waals surface area contributed by atoms with E-state index in [1.807, 2.05) is 6.92 Å². The Morgan fingerprint density at radius 3 is 2.41 bits per heavy atom. The van der Waals surface area contributed by atoms with Gasteiger partial charge in [-0.3, -0.25) is 19.9 Å². The monoisotopic (exact) mass is 241 g/mol. The summed E-state index contributed by atoms with van der Waals surface area (Å²) in [6.07, 6.45) is 2.48. The molecule has 1 aliphatic rings. The van der Waals surface area contributed by atoms with Crippen molar-refractivity contribution in [2.75, 3.05) is 19.6 Å². The van der Waals surface area contributed by atoms with Gasteiger partial charge in [0.2, 0.25) is 5.91 Å². The van der Waals surface area contributed by atoms with Crippen LogP contribution in [0.1, 0.15) is 40.0 Å². The van der Waals surface area contributed by atoms with Crippen molar-refractivity contribution in [1.82, 2.24) is 15.3 Å². The fourth-order valence-electron chi connectivity index (χ4n) is 2.13. The molecule has 1 aliphatic heterocycles. The Morgan fingerprint density at radius 1 is 1.41 bits per heavy atom. The number of hydrazine groups is 1. The fourth-order valence-corrected chi connectivity index (χ4v) is 2.13. The number of carbonyl (C=O) groups is 2. The van der Waals surface area contributed by atoms with E-state index >= 15 is 0 Å². The minimum Gasteiger partial charge on any atom is -0.294 e. The van der Waals surface area contributed by atoms with Gasteiger partial charge in [-0.05, 0) is 32.9 Å². The second-order valence-corrected chi connectivity index (χ2v) is 4.63. The van der Waals surface area contributed by atoms with Crippen molar-refractivity contribution in [3.63, 3.8) is 0 Å². The van der Waals surface area contributed by atoms with Crippen LogP contribution in [0.3, 0.4) is 0 Å². The van der Waals surface area contributed by atoms with Gasteiger partial charge < -0.3 is 0 Å². The summed E-state index contributed by atoms with van der Waals surface area (Å²) in [6, 6.07) is -0.0277. The third-order valence-corrected chi connectivity index (χ3v) is 2.87. The van der Waals surface area contributed by atoms with E-state index in [0.29, 0.717) is 13.0 Å². The molecule has 0 saturated carbocycles. The summed E-state index contributed by atoms with van der Waals surface area (Å²) < 4.78 is 0. The Balaban J connectivity index is 2.48. The van der Waals surface area contributed by atoms with Crippen molar-refractivity contribution >= 4 is 11.8 Å². The molecule has 5 heteroatoms. The first-order valence-corrected chi connectivity index (χ1v) is 6.42. The van der Waals surface area contributed by atoms with Crippen LogP contribution in [0.4, 0.5) is 0 Å². The van der Waals surface area contributed by atoms with Crippen LogP contribution in [0.5, 0.6) is 0 Å². The third kappa shape index (κ3) is 4.00. The fraction of sp³-hybridized carbons (Fsp3) is 0.833. The van der Waals surface area contributed by atoms with E-state index in [1.54, 1.807) is 0 Å². The highest BCUT2D eigenvalue weighted by molar-refractivity contribution is 5.86. The Kier molecular flexibility index (Phi) is 5.41. The van der Waals surface area contributed by atoms with Gasteiger partial charge in [0.15, 0.2) is 0 Å². The van der Waals surface area contributed by atoms with Crippen molar-refractivity contribution in [1.29, 1.82) is 0 Å². The third-order valence-electron chi connectivity index (χ3n) is 2.87. The molecule has 1 heterocycles. The molecule has 2 amide bonds. The van der Waals surface area contributed by atoms with E-state index < -0.39 is 0 Å². The van der Waals surface area contributed by atoms with Crippen LogP contribution in [0.25, 0.3) is 0 Å². The topological polar surface area (TPSA) is 52.7 Å². The maximum absolute atomic E-state index is 12.0. The highest BCUT2D eigenvalue weighted by Crippen LogP contribution is 2.09. The van der Waals surface area contributed by atoms with Gasteiger partial charge in [0.05, 0.1) is 19.0 Å². The summed E-state index contributed by atoms with van der Waals surface area (Å²) in [5.41, 5.74) is 2.61. The lowest BCUT2D eigenvalue weighted by atomic mass is 10.2. The number of nitrogens with zero attached hydrogens (tertiary/aromatic N) is 2. The number of carbonyl (C=O) groups excluding carboxylic acids is 2. The van der Waals surface area contributed by atoms with E-state index in [1.165, 1.54) is 5.01 Å². The van der Waals surface area contributed by atoms with E-state index in [2.05, 4.69) is 24.2 Å². The van der Waals surface area contributed by atoms with Crippen molar-refractivity contribution in [3.05, 3.63) is 0 Å². The largest absolute Gasteiger partial charge is 0.294 e. The first kappa shape index (κ1) is 14.0. The highest BCUT2D eigenvalue weighted by atomic mass is 16.2. The predicted molar refractivity (Wildman–Crippen MR) is 66.1 cm³/mol. The minimum atomic E-state index is -0.0663. The second-order valence-electron chi connectivity index (χ2n) is 4.63. The van der Waals surface area contributed by atoms with Crippen molar-refractivity contribution in [2.45, 2.75) is 46.1 Å². The van der Waals surface area contributed by atoms with Crippen molar-refractivity contribution < 1.29 is 9.59 Å². The zero-order valence-electron chi connectivity index (χ0n) is 11.0. The molecule has 0 aromatic heterocycles. The molecule has 0 bridgehead atoms. The average molecular weight is 241 g/mol. The molecular weight excluding hydrogens is 218 g/mol. The summed E-state index contributed by atoms with van der Waals surface area (Å²) in [7, 11) is 0. The molecule has 0 aromatic rings. The maximum atomic E-state index is 12.0. The van der Waals surface area contributed by atoms with E-state index in [4.69, 9.17) is 0 Å². The lowest BCUT2D eigenvalue weighted by molar-refractivity contribution is -0.138. The van der Waals surface area contributed by atoms with Crippen LogP contribution >= 0.6 is 0 Å². The van der Waals surface area contributed by atoms with Crippen LogP contribution < -0.4 is 5.43 Å². The van der Waals surface area contributed by atoms with Crippen molar-refractivity contribution in [2.24, 2.45) is 0 Å². The van der Waals surface area contributed by atoms with Gasteiger partial charge in [0.1, 0.15) is 0 Å². The normalized spacial score (nSPS) is 19.9. The van der Waals surface area contributed by atoms with Gasteiger partial charge in [0.25, 0.3) is 5.91 Å². The maximum Gasteiger partial charge on any atom is 0.255 e. The molecule has 1 saturated heterocycles. The molecule has 0 aliphatic carbocycles. The quantitative estimate of drug-likeness (QED) is 0.747. The lowest BCUT2D eigenvalue weighted by Gasteiger charge is -2.25. The van der Waals surface area contributed by atoms with Crippen LogP contribution in [-0.2, 0) is 9.59 Å². The zero-order valence-corrected chi connectivity index (χ0v) is 11.0. The number of amides is 2. The van der Waals surface area contributed by atoms with Crippen LogP contribution in [0.15, 0.2) is 0 Å². The molecule has 1 rings (SSSR count). The van der Waals surface area contributed by atoms with Gasteiger partial charge in [-0.15, -0.1) is 0 Å². The second kappa shape index (κ2) is 6.59. The molecule has 17 heavy (non-hydrogen) atoms. The Morgan fingerprint density at radius 2 is 2.00 bits per heavy atom. The molecule has 5 nitrogen and oxygen atoms in total. The summed E-state index contributed by atoms with van der Waals surface area (Å²) in [6.45, 7) is 8.35. The van der Waals surface area contributed by atoms with Crippen molar-refractivity contribution in [3.8, 4) is 0 Å². The molecule has 0 radical (unpaired) electrons. The highest BCUT2D eigenvalue weighted by Gasteiger charge is 2.30. The zero-order chi connectivity index (χ0) is 12.8. The van der Waals surface area contributed by atoms with Gasteiger partial charge in [0, 0.05) is 0 Å². The molecule has 0 unspecified atom stereocenters. The summed E-state index contributed by atoms with van der Waals surface area (Å²) >= 11 is 0. The van der Waals surface area contributed by atoms with Gasteiger partial charge >= 0.3 is 0 Å². The van der Waals surface area contributed by atoms with Crippen LogP contribution in [-0.4, -0.2) is 47.4 Å². The molecule has 0 spiro atoms. The number of hydrogen-bond donors (Lipinski definition) is 1. The molecular formula is C12H23N3O2. The van der Waals surface area contributed by atoms with E-state index in [-0.39, 0.29) is 17.9 Å². The Labute approximate surface area is 103 Å². The average Bonchev–Trinajstić information content (AvgIpc) is 2.58. The molecule has 0 aromatic carbocycles. The summed E-state index contributed by atoms with van der Waals surface area (Å²) in [5.74, 6) is -0.0753. The summed E-state index contributed by atoms with van der Waals surface area (Å²) in [5, 5.41) is 1.47. The SMILES string of the molecule is CCCN(CCC)CC(=O)N1NC(=O)C[C@@H]1C. The van der Waals surface area contributed by atoms with E-state index in [9.17, 15) is 9.59 Å². The molecule has 98 valence electrons. The molecule has 1 atom stereocenters. The number of rotatable bonds is 6. The number of hydrogen-bond acceptors (Lipinski definition) is 3. The van der Waals surface area contributed by atoms with Crippen LogP contribution in [0, 0.1) is 0 Å². The summed E-state index contributed by atoms with van der Waals surface area (Å²) in [4.78, 5) is 25.4. The number of nitrogens with one attached hydrogen (secondary N) is 1. The first-order valence-electron chi connectivity index (χ1n) is 6.42. The minimum absolute atomic E-state index is 0.00903. The Hall–Kier alpha value is -1.10.